The molecular formula is C7H6BN2O. The molecular weight excluding hydrogens is 139 g/mol. The molecule has 0 aliphatic heterocycles. The van der Waals surface area contributed by atoms with E-state index in [9.17, 15) is 0 Å². The standard InChI is InChI=1S/C7H6BN2O/c1-5-2-6(8-11)4-10-7(5)3-9/h2,4,11H,1H3. The molecule has 4 heteroatoms. The zero-order valence-corrected chi connectivity index (χ0v) is 6.07. The molecule has 1 N–H and O–H groups in total. The lowest BCUT2D eigenvalue weighted by Crippen LogP contribution is -2.15. The first-order valence-corrected chi connectivity index (χ1v) is 3.12. The van der Waals surface area contributed by atoms with E-state index in [1.165, 1.54) is 6.20 Å². The van der Waals surface area contributed by atoms with Gasteiger partial charge in [0, 0.05) is 6.20 Å². The van der Waals surface area contributed by atoms with Crippen molar-refractivity contribution in [2.45, 2.75) is 6.92 Å². The monoisotopic (exact) mass is 145 g/mol. The largest absolute Gasteiger partial charge is 0.450 e. The van der Waals surface area contributed by atoms with Crippen molar-refractivity contribution in [3.63, 3.8) is 0 Å². The fourth-order valence-electron chi connectivity index (χ4n) is 0.784. The first-order valence-electron chi connectivity index (χ1n) is 3.12. The van der Waals surface area contributed by atoms with Gasteiger partial charge in [-0.2, -0.15) is 5.26 Å². The van der Waals surface area contributed by atoms with Gasteiger partial charge in [-0.3, -0.25) is 0 Å². The second kappa shape index (κ2) is 3.17. The minimum absolute atomic E-state index is 0.399. The van der Waals surface area contributed by atoms with Gasteiger partial charge in [0.15, 0.2) is 0 Å². The summed E-state index contributed by atoms with van der Waals surface area (Å²) in [5.74, 6) is 0. The van der Waals surface area contributed by atoms with Crippen molar-refractivity contribution in [1.29, 1.82) is 5.26 Å². The van der Waals surface area contributed by atoms with Gasteiger partial charge in [0.2, 0.25) is 0 Å². The minimum Gasteiger partial charge on any atom is -0.450 e. The molecule has 0 spiro atoms. The van der Waals surface area contributed by atoms with Gasteiger partial charge in [-0.15, -0.1) is 0 Å². The van der Waals surface area contributed by atoms with Crippen LogP contribution in [0.25, 0.3) is 0 Å². The lowest BCUT2D eigenvalue weighted by molar-refractivity contribution is 0.615. The lowest BCUT2D eigenvalue weighted by atomic mass is 9.89. The summed E-state index contributed by atoms with van der Waals surface area (Å²) in [6, 6.07) is 3.64. The second-order valence-corrected chi connectivity index (χ2v) is 2.18. The van der Waals surface area contributed by atoms with Crippen LogP contribution in [0.1, 0.15) is 11.3 Å². The third-order valence-corrected chi connectivity index (χ3v) is 1.35. The zero-order valence-electron chi connectivity index (χ0n) is 6.07. The molecule has 0 atom stereocenters. The fraction of sp³-hybridized carbons (Fsp3) is 0.143. The summed E-state index contributed by atoms with van der Waals surface area (Å²) < 4.78 is 0. The van der Waals surface area contributed by atoms with Gasteiger partial charge < -0.3 is 5.02 Å². The topological polar surface area (TPSA) is 56.9 Å². The summed E-state index contributed by atoms with van der Waals surface area (Å²) in [7, 11) is 0.959. The van der Waals surface area contributed by atoms with E-state index in [1.54, 1.807) is 13.0 Å². The summed E-state index contributed by atoms with van der Waals surface area (Å²) >= 11 is 0. The Hall–Kier alpha value is -1.34. The molecule has 0 aromatic carbocycles. The maximum atomic E-state index is 8.58. The molecule has 0 bridgehead atoms. The van der Waals surface area contributed by atoms with Gasteiger partial charge in [-0.25, -0.2) is 4.98 Å². The van der Waals surface area contributed by atoms with Crippen LogP contribution in [0.3, 0.4) is 0 Å². The predicted octanol–water partition coefficient (Wildman–Crippen LogP) is -0.502. The van der Waals surface area contributed by atoms with E-state index in [0.717, 1.165) is 13.0 Å². The molecule has 11 heavy (non-hydrogen) atoms. The third-order valence-electron chi connectivity index (χ3n) is 1.35. The van der Waals surface area contributed by atoms with Crippen molar-refractivity contribution >= 4 is 12.9 Å². The van der Waals surface area contributed by atoms with E-state index in [2.05, 4.69) is 4.98 Å². The summed E-state index contributed by atoms with van der Waals surface area (Å²) in [6.07, 6.45) is 1.45. The molecule has 1 aromatic heterocycles. The van der Waals surface area contributed by atoms with Gasteiger partial charge >= 0.3 is 7.48 Å². The third kappa shape index (κ3) is 1.57. The van der Waals surface area contributed by atoms with Crippen LogP contribution >= 0.6 is 0 Å². The number of pyridine rings is 1. The molecule has 0 amide bonds. The first kappa shape index (κ1) is 7.77. The van der Waals surface area contributed by atoms with Crippen LogP contribution in [-0.2, 0) is 0 Å². The Balaban J connectivity index is 3.12. The molecule has 0 fully saturated rings. The summed E-state index contributed by atoms with van der Waals surface area (Å²) in [6.45, 7) is 1.78. The molecule has 53 valence electrons. The Morgan fingerprint density at radius 3 is 2.91 bits per heavy atom. The molecule has 0 unspecified atom stereocenters. The van der Waals surface area contributed by atoms with Crippen LogP contribution in [0.15, 0.2) is 12.3 Å². The van der Waals surface area contributed by atoms with Crippen molar-refractivity contribution in [3.8, 4) is 6.07 Å². The Bertz CT molecular complexity index is 306. The summed E-state index contributed by atoms with van der Waals surface area (Å²) in [5.41, 5.74) is 1.78. The maximum Gasteiger partial charge on any atom is 0.328 e. The minimum atomic E-state index is 0.399. The highest BCUT2D eigenvalue weighted by Gasteiger charge is 1.99. The van der Waals surface area contributed by atoms with Crippen LogP contribution in [-0.4, -0.2) is 17.5 Å². The number of hydrogen-bond donors (Lipinski definition) is 1. The lowest BCUT2D eigenvalue weighted by Gasteiger charge is -1.96. The zero-order chi connectivity index (χ0) is 8.27. The van der Waals surface area contributed by atoms with Crippen LogP contribution in [0, 0.1) is 18.3 Å². The number of aryl methyl sites for hydroxylation is 1. The molecule has 1 rings (SSSR count). The second-order valence-electron chi connectivity index (χ2n) is 2.18. The Labute approximate surface area is 65.6 Å². The number of nitrogens with zero attached hydrogens (tertiary/aromatic N) is 2. The molecule has 0 aliphatic rings. The van der Waals surface area contributed by atoms with Gasteiger partial charge in [0.25, 0.3) is 0 Å². The van der Waals surface area contributed by atoms with Crippen molar-refractivity contribution in [2.24, 2.45) is 0 Å². The average Bonchev–Trinajstić information content (AvgIpc) is 2.04. The molecule has 1 heterocycles. The first-order chi connectivity index (χ1) is 5.27. The fourth-order valence-corrected chi connectivity index (χ4v) is 0.784. The van der Waals surface area contributed by atoms with Crippen molar-refractivity contribution in [3.05, 3.63) is 23.5 Å². The van der Waals surface area contributed by atoms with Gasteiger partial charge in [0.1, 0.15) is 11.8 Å². The smallest absolute Gasteiger partial charge is 0.328 e. The van der Waals surface area contributed by atoms with Gasteiger partial charge in [0.05, 0.1) is 0 Å². The summed E-state index contributed by atoms with van der Waals surface area (Å²) in [5, 5.41) is 17.1. The average molecular weight is 145 g/mol. The highest BCUT2D eigenvalue weighted by Crippen LogP contribution is 1.98. The van der Waals surface area contributed by atoms with Crippen molar-refractivity contribution in [2.75, 3.05) is 0 Å². The van der Waals surface area contributed by atoms with Gasteiger partial charge in [-0.1, -0.05) is 6.07 Å². The van der Waals surface area contributed by atoms with E-state index in [4.69, 9.17) is 10.3 Å². The number of aromatic nitrogens is 1. The molecule has 1 aromatic rings. The summed E-state index contributed by atoms with van der Waals surface area (Å²) in [4.78, 5) is 3.82. The molecule has 1 radical (unpaired) electrons. The quantitative estimate of drug-likeness (QED) is 0.541. The highest BCUT2D eigenvalue weighted by atomic mass is 16.2. The van der Waals surface area contributed by atoms with E-state index in [0.29, 0.717) is 11.2 Å². The van der Waals surface area contributed by atoms with Crippen molar-refractivity contribution < 1.29 is 5.02 Å². The van der Waals surface area contributed by atoms with E-state index >= 15 is 0 Å². The number of nitriles is 1. The van der Waals surface area contributed by atoms with Gasteiger partial charge in [-0.05, 0) is 17.9 Å². The highest BCUT2D eigenvalue weighted by molar-refractivity contribution is 6.45. The molecule has 3 nitrogen and oxygen atoms in total. The normalized spacial score (nSPS) is 8.82. The Morgan fingerprint density at radius 1 is 1.73 bits per heavy atom. The van der Waals surface area contributed by atoms with E-state index in [-0.39, 0.29) is 0 Å². The SMILES string of the molecule is Cc1cc([B]O)cnc1C#N. The van der Waals surface area contributed by atoms with E-state index in [1.807, 2.05) is 6.07 Å². The molecule has 0 saturated carbocycles. The maximum absolute atomic E-state index is 8.58. The van der Waals surface area contributed by atoms with Crippen molar-refractivity contribution in [1.82, 2.24) is 4.98 Å². The van der Waals surface area contributed by atoms with Crippen LogP contribution in [0.5, 0.6) is 0 Å². The van der Waals surface area contributed by atoms with Crippen LogP contribution < -0.4 is 5.46 Å². The van der Waals surface area contributed by atoms with E-state index < -0.39 is 0 Å². The molecule has 0 aliphatic carbocycles. The molecule has 0 saturated heterocycles. The Kier molecular flexibility index (Phi) is 2.24. The predicted molar refractivity (Wildman–Crippen MR) is 41.3 cm³/mol. The number of hydrogen-bond acceptors (Lipinski definition) is 3. The Morgan fingerprint density at radius 2 is 2.45 bits per heavy atom. The van der Waals surface area contributed by atoms with Crippen LogP contribution in [0.2, 0.25) is 0 Å². The number of rotatable bonds is 1. The van der Waals surface area contributed by atoms with Crippen LogP contribution in [0.4, 0.5) is 0 Å².